The molecule has 0 atom stereocenters. The lowest BCUT2D eigenvalue weighted by atomic mass is 9.88. The molecule has 3 N–H and O–H groups in total. The Kier molecular flexibility index (Phi) is 4.43. The Bertz CT molecular complexity index is 219. The Morgan fingerprint density at radius 2 is 2.07 bits per heavy atom. The van der Waals surface area contributed by atoms with Crippen LogP contribution >= 0.6 is 0 Å². The highest BCUT2D eigenvalue weighted by Gasteiger charge is 2.16. The normalized spacial score (nSPS) is 19.4. The summed E-state index contributed by atoms with van der Waals surface area (Å²) in [5.74, 6) is 0.991. The van der Waals surface area contributed by atoms with Crippen LogP contribution in [0.5, 0.6) is 0 Å². The molecule has 0 bridgehead atoms. The number of carbonyl (C=O) groups excluding carboxylic acids is 1. The molecule has 4 nitrogen and oxygen atoms in total. The Hall–Kier alpha value is -1.06. The molecular formula is C10H19N3O. The van der Waals surface area contributed by atoms with Gasteiger partial charge in [0.25, 0.3) is 0 Å². The van der Waals surface area contributed by atoms with Crippen LogP contribution in [0.15, 0.2) is 4.99 Å². The number of hydrogen-bond acceptors (Lipinski definition) is 2. The first-order chi connectivity index (χ1) is 6.74. The van der Waals surface area contributed by atoms with Crippen LogP contribution in [0.2, 0.25) is 0 Å². The van der Waals surface area contributed by atoms with Gasteiger partial charge >= 0.3 is 0 Å². The summed E-state index contributed by atoms with van der Waals surface area (Å²) in [4.78, 5) is 15.0. The molecule has 1 aliphatic rings. The van der Waals surface area contributed by atoms with Crippen LogP contribution in [-0.4, -0.2) is 25.3 Å². The van der Waals surface area contributed by atoms with Crippen molar-refractivity contribution in [1.82, 2.24) is 5.32 Å². The van der Waals surface area contributed by atoms with Crippen LogP contribution in [0.3, 0.4) is 0 Å². The van der Waals surface area contributed by atoms with Crippen molar-refractivity contribution in [3.63, 3.8) is 0 Å². The zero-order valence-corrected chi connectivity index (χ0v) is 8.75. The van der Waals surface area contributed by atoms with E-state index in [0.717, 1.165) is 12.8 Å². The molecule has 4 heteroatoms. The number of rotatable bonds is 3. The maximum atomic E-state index is 10.9. The molecule has 0 aromatic rings. The first-order valence-corrected chi connectivity index (χ1v) is 5.24. The maximum absolute atomic E-state index is 10.9. The third-order valence-electron chi connectivity index (χ3n) is 2.71. The summed E-state index contributed by atoms with van der Waals surface area (Å²) in [5.41, 5.74) is 5.82. The van der Waals surface area contributed by atoms with Gasteiger partial charge in [-0.3, -0.25) is 9.79 Å². The predicted molar refractivity (Wildman–Crippen MR) is 57.1 cm³/mol. The largest absolute Gasteiger partial charge is 0.387 e. The lowest BCUT2D eigenvalue weighted by molar-refractivity contribution is -0.119. The van der Waals surface area contributed by atoms with E-state index in [2.05, 4.69) is 10.3 Å². The minimum Gasteiger partial charge on any atom is -0.387 e. The van der Waals surface area contributed by atoms with E-state index in [1.807, 2.05) is 0 Å². The van der Waals surface area contributed by atoms with Crippen LogP contribution in [0, 0.1) is 5.92 Å². The van der Waals surface area contributed by atoms with Crippen molar-refractivity contribution in [2.75, 3.05) is 13.6 Å². The van der Waals surface area contributed by atoms with E-state index in [9.17, 15) is 4.79 Å². The number of carbonyl (C=O) groups is 1. The summed E-state index contributed by atoms with van der Waals surface area (Å²) in [6.07, 6.45) is 6.03. The molecule has 0 aromatic carbocycles. The zero-order chi connectivity index (χ0) is 10.4. The number of amides is 1. The van der Waals surface area contributed by atoms with Gasteiger partial charge in [-0.25, -0.2) is 0 Å². The van der Waals surface area contributed by atoms with Gasteiger partial charge in [-0.2, -0.15) is 0 Å². The van der Waals surface area contributed by atoms with Crippen molar-refractivity contribution in [3.8, 4) is 0 Å². The van der Waals surface area contributed by atoms with Crippen LogP contribution in [-0.2, 0) is 4.79 Å². The molecule has 0 radical (unpaired) electrons. The standard InChI is InChI=1S/C10H19N3O/c1-12-9(14)7-13-10(11)8-5-3-2-4-6-8/h8H,2-7H2,1H3,(H2,11,13)(H,12,14). The third-order valence-corrected chi connectivity index (χ3v) is 2.71. The second-order valence-electron chi connectivity index (χ2n) is 3.75. The Morgan fingerprint density at radius 1 is 1.43 bits per heavy atom. The molecule has 1 amide bonds. The van der Waals surface area contributed by atoms with Gasteiger partial charge in [0.05, 0.1) is 5.84 Å². The highest BCUT2D eigenvalue weighted by atomic mass is 16.1. The number of likely N-dealkylation sites (N-methyl/N-ethyl adjacent to an activating group) is 1. The van der Waals surface area contributed by atoms with E-state index in [1.54, 1.807) is 7.05 Å². The van der Waals surface area contributed by atoms with Gasteiger partial charge in [-0.1, -0.05) is 19.3 Å². The lowest BCUT2D eigenvalue weighted by Crippen LogP contribution is -2.28. The fourth-order valence-electron chi connectivity index (χ4n) is 1.77. The van der Waals surface area contributed by atoms with Gasteiger partial charge in [-0.05, 0) is 12.8 Å². The molecule has 14 heavy (non-hydrogen) atoms. The summed E-state index contributed by atoms with van der Waals surface area (Å²) in [6, 6.07) is 0. The number of aliphatic imine (C=N–C) groups is 1. The van der Waals surface area contributed by atoms with Crippen molar-refractivity contribution in [1.29, 1.82) is 0 Å². The summed E-state index contributed by atoms with van der Waals surface area (Å²) in [7, 11) is 1.61. The second kappa shape index (κ2) is 5.62. The number of nitrogens with two attached hydrogens (primary N) is 1. The maximum Gasteiger partial charge on any atom is 0.241 e. The minimum absolute atomic E-state index is 0.0799. The van der Waals surface area contributed by atoms with Gasteiger partial charge in [-0.15, -0.1) is 0 Å². The third kappa shape index (κ3) is 3.36. The van der Waals surface area contributed by atoms with Crippen molar-refractivity contribution < 1.29 is 4.79 Å². The number of hydrogen-bond donors (Lipinski definition) is 2. The monoisotopic (exact) mass is 197 g/mol. The van der Waals surface area contributed by atoms with E-state index < -0.39 is 0 Å². The highest BCUT2D eigenvalue weighted by molar-refractivity contribution is 5.86. The van der Waals surface area contributed by atoms with E-state index >= 15 is 0 Å². The smallest absolute Gasteiger partial charge is 0.241 e. The van der Waals surface area contributed by atoms with Crippen molar-refractivity contribution in [3.05, 3.63) is 0 Å². The lowest BCUT2D eigenvalue weighted by Gasteiger charge is -2.20. The Morgan fingerprint density at radius 3 is 2.64 bits per heavy atom. The Balaban J connectivity index is 2.37. The second-order valence-corrected chi connectivity index (χ2v) is 3.75. The molecule has 0 saturated heterocycles. The molecule has 0 aliphatic heterocycles. The molecule has 1 rings (SSSR count). The van der Waals surface area contributed by atoms with Gasteiger partial charge in [0.15, 0.2) is 0 Å². The van der Waals surface area contributed by atoms with E-state index in [0.29, 0.717) is 11.8 Å². The average Bonchev–Trinajstić information content (AvgIpc) is 2.26. The van der Waals surface area contributed by atoms with Crippen molar-refractivity contribution >= 4 is 11.7 Å². The SMILES string of the molecule is CNC(=O)CN=C(N)C1CCCCC1. The number of amidine groups is 1. The fourth-order valence-corrected chi connectivity index (χ4v) is 1.77. The van der Waals surface area contributed by atoms with Gasteiger partial charge in [0.2, 0.25) is 5.91 Å². The van der Waals surface area contributed by atoms with Gasteiger partial charge < -0.3 is 11.1 Å². The minimum atomic E-state index is -0.0799. The van der Waals surface area contributed by atoms with Crippen molar-refractivity contribution in [2.24, 2.45) is 16.6 Å². The fraction of sp³-hybridized carbons (Fsp3) is 0.800. The topological polar surface area (TPSA) is 67.5 Å². The summed E-state index contributed by atoms with van der Waals surface area (Å²) >= 11 is 0. The predicted octanol–water partition coefficient (Wildman–Crippen LogP) is 0.670. The van der Waals surface area contributed by atoms with Crippen LogP contribution in [0.4, 0.5) is 0 Å². The molecule has 0 unspecified atom stereocenters. The molecule has 1 saturated carbocycles. The van der Waals surface area contributed by atoms with Crippen LogP contribution in [0.1, 0.15) is 32.1 Å². The number of nitrogens with zero attached hydrogens (tertiary/aromatic N) is 1. The number of nitrogens with one attached hydrogen (secondary N) is 1. The summed E-state index contributed by atoms with van der Waals surface area (Å²) < 4.78 is 0. The van der Waals surface area contributed by atoms with E-state index in [1.165, 1.54) is 19.3 Å². The molecular weight excluding hydrogens is 178 g/mol. The summed E-state index contributed by atoms with van der Waals surface area (Å²) in [5, 5.41) is 2.52. The van der Waals surface area contributed by atoms with Gasteiger partial charge in [0.1, 0.15) is 6.54 Å². The first-order valence-electron chi connectivity index (χ1n) is 5.24. The zero-order valence-electron chi connectivity index (χ0n) is 8.75. The first kappa shape index (κ1) is 11.0. The quantitative estimate of drug-likeness (QED) is 0.516. The molecule has 80 valence electrons. The van der Waals surface area contributed by atoms with Crippen LogP contribution < -0.4 is 11.1 Å². The van der Waals surface area contributed by atoms with Gasteiger partial charge in [0, 0.05) is 13.0 Å². The van der Waals surface area contributed by atoms with E-state index in [4.69, 9.17) is 5.73 Å². The van der Waals surface area contributed by atoms with E-state index in [-0.39, 0.29) is 12.5 Å². The molecule has 0 spiro atoms. The molecule has 1 aliphatic carbocycles. The average molecular weight is 197 g/mol. The summed E-state index contributed by atoms with van der Waals surface area (Å²) in [6.45, 7) is 0.166. The van der Waals surface area contributed by atoms with Crippen molar-refractivity contribution in [2.45, 2.75) is 32.1 Å². The highest BCUT2D eigenvalue weighted by Crippen LogP contribution is 2.23. The van der Waals surface area contributed by atoms with Crippen LogP contribution in [0.25, 0.3) is 0 Å². The Labute approximate surface area is 85.0 Å². The molecule has 1 fully saturated rings. The molecule has 0 heterocycles. The molecule has 0 aromatic heterocycles.